The minimum Gasteiger partial charge on any atom is -0.504 e. The largest absolute Gasteiger partial charge is 0.504 e. The first-order chi connectivity index (χ1) is 10.7. The van der Waals surface area contributed by atoms with Gasteiger partial charge in [-0.3, -0.25) is 0 Å². The lowest BCUT2D eigenvalue weighted by Crippen LogP contribution is -1.97. The molecule has 0 saturated heterocycles. The number of fused-ring (bicyclic) bond motifs is 1. The molecule has 1 heterocycles. The lowest BCUT2D eigenvalue weighted by atomic mass is 10.1. The van der Waals surface area contributed by atoms with Gasteiger partial charge in [0.15, 0.2) is 11.5 Å². The summed E-state index contributed by atoms with van der Waals surface area (Å²) >= 11 is 0. The first-order valence-electron chi connectivity index (χ1n) is 7.44. The fourth-order valence-electron chi connectivity index (χ4n) is 2.65. The number of hydrogen-bond donors (Lipinski definition) is 2. The van der Waals surface area contributed by atoms with Crippen LogP contribution < -0.4 is 10.5 Å². The zero-order valence-corrected chi connectivity index (χ0v) is 12.6. The molecular formula is C18H20N2O2. The lowest BCUT2D eigenvalue weighted by Gasteiger charge is -2.07. The smallest absolute Gasteiger partial charge is 0.161 e. The minimum atomic E-state index is 0.159. The van der Waals surface area contributed by atoms with Crippen molar-refractivity contribution in [3.63, 3.8) is 0 Å². The van der Waals surface area contributed by atoms with Gasteiger partial charge in [-0.15, -0.1) is 0 Å². The Hall–Kier alpha value is -2.46. The number of phenols is 1. The maximum atomic E-state index is 9.78. The first kappa shape index (κ1) is 14.5. The van der Waals surface area contributed by atoms with Crippen LogP contribution in [0.1, 0.15) is 18.1 Å². The Morgan fingerprint density at radius 1 is 1.18 bits per heavy atom. The standard InChI is InChI=1S/C18H20N2O2/c1-2-20-11-14(12-22-18-6-4-3-5-17(18)21)15-8-7-13(10-19)9-16(15)20/h3-9,11,21H,2,10,12,19H2,1H3. The number of hydrogen-bond acceptors (Lipinski definition) is 3. The summed E-state index contributed by atoms with van der Waals surface area (Å²) in [6.07, 6.45) is 2.10. The highest BCUT2D eigenvalue weighted by Gasteiger charge is 2.10. The predicted octanol–water partition coefficient (Wildman–Crippen LogP) is 3.40. The van der Waals surface area contributed by atoms with E-state index in [9.17, 15) is 5.11 Å². The van der Waals surface area contributed by atoms with Crippen molar-refractivity contribution in [1.29, 1.82) is 0 Å². The van der Waals surface area contributed by atoms with Crippen LogP contribution in [0.25, 0.3) is 10.9 Å². The highest BCUT2D eigenvalue weighted by molar-refractivity contribution is 5.84. The van der Waals surface area contributed by atoms with Crippen LogP contribution in [0.2, 0.25) is 0 Å². The van der Waals surface area contributed by atoms with Crippen LogP contribution in [0.3, 0.4) is 0 Å². The van der Waals surface area contributed by atoms with Crippen molar-refractivity contribution in [2.75, 3.05) is 0 Å². The van der Waals surface area contributed by atoms with E-state index in [1.54, 1.807) is 18.2 Å². The zero-order valence-electron chi connectivity index (χ0n) is 12.6. The van der Waals surface area contributed by atoms with E-state index >= 15 is 0 Å². The molecule has 4 heteroatoms. The minimum absolute atomic E-state index is 0.159. The summed E-state index contributed by atoms with van der Waals surface area (Å²) in [6, 6.07) is 13.3. The van der Waals surface area contributed by atoms with Crippen LogP contribution in [0, 0.1) is 0 Å². The number of benzene rings is 2. The van der Waals surface area contributed by atoms with E-state index in [0.717, 1.165) is 23.1 Å². The molecule has 114 valence electrons. The molecule has 0 spiro atoms. The molecule has 0 aliphatic rings. The second kappa shape index (κ2) is 6.12. The van der Waals surface area contributed by atoms with E-state index in [-0.39, 0.29) is 5.75 Å². The van der Waals surface area contributed by atoms with Gasteiger partial charge in [0.2, 0.25) is 0 Å². The normalized spacial score (nSPS) is 11.0. The van der Waals surface area contributed by atoms with Crippen LogP contribution in [-0.2, 0) is 19.7 Å². The van der Waals surface area contributed by atoms with Crippen LogP contribution in [0.15, 0.2) is 48.7 Å². The molecule has 3 aromatic rings. The molecule has 0 fully saturated rings. The van der Waals surface area contributed by atoms with E-state index in [1.165, 1.54) is 5.52 Å². The second-order valence-corrected chi connectivity index (χ2v) is 5.25. The summed E-state index contributed by atoms with van der Waals surface area (Å²) in [6.45, 7) is 3.96. The monoisotopic (exact) mass is 296 g/mol. The lowest BCUT2D eigenvalue weighted by molar-refractivity contribution is 0.290. The third-order valence-electron chi connectivity index (χ3n) is 3.85. The molecule has 4 nitrogen and oxygen atoms in total. The van der Waals surface area contributed by atoms with E-state index < -0.39 is 0 Å². The molecule has 0 radical (unpaired) electrons. The number of para-hydroxylation sites is 2. The Bertz CT molecular complexity index is 793. The summed E-state index contributed by atoms with van der Waals surface area (Å²) in [7, 11) is 0. The van der Waals surface area contributed by atoms with Crippen molar-refractivity contribution in [2.24, 2.45) is 5.73 Å². The molecule has 2 aromatic carbocycles. The number of ether oxygens (including phenoxy) is 1. The van der Waals surface area contributed by atoms with Crippen LogP contribution in [-0.4, -0.2) is 9.67 Å². The van der Waals surface area contributed by atoms with Gasteiger partial charge in [0.25, 0.3) is 0 Å². The highest BCUT2D eigenvalue weighted by Crippen LogP contribution is 2.28. The fourth-order valence-corrected chi connectivity index (χ4v) is 2.65. The van der Waals surface area contributed by atoms with Gasteiger partial charge in [-0.05, 0) is 30.7 Å². The molecule has 0 saturated carbocycles. The van der Waals surface area contributed by atoms with Gasteiger partial charge in [-0.25, -0.2) is 0 Å². The topological polar surface area (TPSA) is 60.4 Å². The molecule has 0 amide bonds. The van der Waals surface area contributed by atoms with Crippen molar-refractivity contribution >= 4 is 10.9 Å². The fraction of sp³-hybridized carbons (Fsp3) is 0.222. The van der Waals surface area contributed by atoms with E-state index in [1.807, 2.05) is 12.1 Å². The van der Waals surface area contributed by atoms with E-state index in [2.05, 4.69) is 29.8 Å². The average molecular weight is 296 g/mol. The maximum Gasteiger partial charge on any atom is 0.161 e. The number of aromatic nitrogens is 1. The van der Waals surface area contributed by atoms with Gasteiger partial charge < -0.3 is 20.1 Å². The molecule has 22 heavy (non-hydrogen) atoms. The summed E-state index contributed by atoms with van der Waals surface area (Å²) in [4.78, 5) is 0. The number of aryl methyl sites for hydroxylation is 1. The van der Waals surface area contributed by atoms with Crippen molar-refractivity contribution in [2.45, 2.75) is 26.6 Å². The van der Waals surface area contributed by atoms with Gasteiger partial charge in [0, 0.05) is 35.8 Å². The Morgan fingerprint density at radius 3 is 2.73 bits per heavy atom. The van der Waals surface area contributed by atoms with Crippen molar-refractivity contribution < 1.29 is 9.84 Å². The van der Waals surface area contributed by atoms with Crippen LogP contribution in [0.5, 0.6) is 11.5 Å². The summed E-state index contributed by atoms with van der Waals surface area (Å²) in [5.74, 6) is 0.658. The van der Waals surface area contributed by atoms with Crippen LogP contribution >= 0.6 is 0 Å². The quantitative estimate of drug-likeness (QED) is 0.758. The number of nitrogens with zero attached hydrogens (tertiary/aromatic N) is 1. The molecule has 0 unspecified atom stereocenters. The molecule has 0 atom stereocenters. The Morgan fingerprint density at radius 2 is 2.00 bits per heavy atom. The highest BCUT2D eigenvalue weighted by atomic mass is 16.5. The number of aromatic hydroxyl groups is 1. The summed E-state index contributed by atoms with van der Waals surface area (Å²) in [5.41, 5.74) is 9.12. The first-order valence-corrected chi connectivity index (χ1v) is 7.44. The van der Waals surface area contributed by atoms with Gasteiger partial charge in [-0.2, -0.15) is 0 Å². The second-order valence-electron chi connectivity index (χ2n) is 5.25. The molecule has 0 aliphatic carbocycles. The maximum absolute atomic E-state index is 9.78. The van der Waals surface area contributed by atoms with Crippen molar-refractivity contribution in [3.8, 4) is 11.5 Å². The predicted molar refractivity (Wildman–Crippen MR) is 87.9 cm³/mol. The third kappa shape index (κ3) is 2.65. The number of rotatable bonds is 5. The van der Waals surface area contributed by atoms with Gasteiger partial charge in [0.1, 0.15) is 6.61 Å². The van der Waals surface area contributed by atoms with Crippen molar-refractivity contribution in [1.82, 2.24) is 4.57 Å². The Balaban J connectivity index is 1.92. The van der Waals surface area contributed by atoms with E-state index in [0.29, 0.717) is 18.9 Å². The SMILES string of the molecule is CCn1cc(COc2ccccc2O)c2ccc(CN)cc21. The zero-order chi connectivity index (χ0) is 15.5. The molecule has 3 N–H and O–H groups in total. The molecule has 3 rings (SSSR count). The van der Waals surface area contributed by atoms with Gasteiger partial charge in [-0.1, -0.05) is 24.3 Å². The van der Waals surface area contributed by atoms with Gasteiger partial charge >= 0.3 is 0 Å². The Kier molecular flexibility index (Phi) is 4.02. The molecular weight excluding hydrogens is 276 g/mol. The van der Waals surface area contributed by atoms with Crippen LogP contribution in [0.4, 0.5) is 0 Å². The van der Waals surface area contributed by atoms with Crippen molar-refractivity contribution in [3.05, 3.63) is 59.8 Å². The summed E-state index contributed by atoms with van der Waals surface area (Å²) < 4.78 is 7.95. The number of nitrogens with two attached hydrogens (primary N) is 1. The third-order valence-corrected chi connectivity index (χ3v) is 3.85. The van der Waals surface area contributed by atoms with E-state index in [4.69, 9.17) is 10.5 Å². The summed E-state index contributed by atoms with van der Waals surface area (Å²) in [5, 5.41) is 10.9. The number of phenolic OH excluding ortho intramolecular Hbond substituents is 1. The average Bonchev–Trinajstić information content (AvgIpc) is 2.91. The molecule has 0 bridgehead atoms. The molecule has 0 aliphatic heterocycles. The van der Waals surface area contributed by atoms with Gasteiger partial charge in [0.05, 0.1) is 0 Å². The molecule has 1 aromatic heterocycles. The Labute approximate surface area is 129 Å².